The van der Waals surface area contributed by atoms with Crippen LogP contribution >= 0.6 is 0 Å². The van der Waals surface area contributed by atoms with Gasteiger partial charge in [0.05, 0.1) is 18.4 Å². The molecule has 0 aromatic heterocycles. The van der Waals surface area contributed by atoms with Crippen molar-refractivity contribution in [2.45, 2.75) is 39.9 Å². The molecule has 0 aliphatic heterocycles. The van der Waals surface area contributed by atoms with Gasteiger partial charge in [-0.15, -0.1) is 5.10 Å². The summed E-state index contributed by atoms with van der Waals surface area (Å²) < 4.78 is 11.4. The van der Waals surface area contributed by atoms with E-state index < -0.39 is 0 Å². The van der Waals surface area contributed by atoms with Crippen LogP contribution in [0.3, 0.4) is 0 Å². The Labute approximate surface area is 119 Å². The van der Waals surface area contributed by atoms with E-state index in [9.17, 15) is 0 Å². The lowest BCUT2D eigenvalue weighted by Crippen LogP contribution is -2.21. The van der Waals surface area contributed by atoms with Crippen LogP contribution in [0.1, 0.15) is 33.3 Å². The summed E-state index contributed by atoms with van der Waals surface area (Å²) in [6.45, 7) is 7.85. The number of benzene rings is 1. The van der Waals surface area contributed by atoms with Crippen LogP contribution in [0.5, 0.6) is 11.5 Å². The summed E-state index contributed by atoms with van der Waals surface area (Å²) in [7, 11) is 0. The monoisotopic (exact) mass is 278 g/mol. The fourth-order valence-electron chi connectivity index (χ4n) is 1.51. The second-order valence-corrected chi connectivity index (χ2v) is 4.84. The molecule has 110 valence electrons. The maximum absolute atomic E-state index is 5.68. The first-order valence-corrected chi connectivity index (χ1v) is 6.47. The van der Waals surface area contributed by atoms with E-state index in [0.29, 0.717) is 11.5 Å². The highest BCUT2D eigenvalue weighted by atomic mass is 16.5. The van der Waals surface area contributed by atoms with Crippen molar-refractivity contribution in [3.05, 3.63) is 23.8 Å². The Bertz CT molecular complexity index is 464. The minimum atomic E-state index is -0.0884. The average molecular weight is 278 g/mol. The minimum absolute atomic E-state index is 0.0757. The van der Waals surface area contributed by atoms with Crippen molar-refractivity contribution in [1.82, 2.24) is 0 Å². The Morgan fingerprint density at radius 3 is 1.90 bits per heavy atom. The maximum Gasteiger partial charge on any atom is 0.211 e. The Balaban J connectivity index is 3.02. The zero-order valence-electron chi connectivity index (χ0n) is 12.3. The van der Waals surface area contributed by atoms with Crippen LogP contribution in [0.2, 0.25) is 0 Å². The highest BCUT2D eigenvalue weighted by Crippen LogP contribution is 2.24. The molecule has 0 radical (unpaired) electrons. The molecule has 0 heterocycles. The molecule has 0 atom stereocenters. The topological polar surface area (TPSA) is 95.2 Å². The van der Waals surface area contributed by atoms with Gasteiger partial charge in [-0.1, -0.05) is 0 Å². The van der Waals surface area contributed by atoms with Gasteiger partial charge in [-0.2, -0.15) is 5.10 Å². The molecule has 0 fully saturated rings. The summed E-state index contributed by atoms with van der Waals surface area (Å²) in [5.41, 5.74) is 11.2. The third-order valence-electron chi connectivity index (χ3n) is 2.03. The highest BCUT2D eigenvalue weighted by molar-refractivity contribution is 5.82. The molecule has 6 nitrogen and oxygen atoms in total. The Morgan fingerprint density at radius 2 is 1.50 bits per heavy atom. The summed E-state index contributed by atoms with van der Waals surface area (Å²) in [6.07, 6.45) is 1.69. The van der Waals surface area contributed by atoms with Crippen LogP contribution in [0.25, 0.3) is 0 Å². The fraction of sp³-hybridized carbons (Fsp3) is 0.429. The van der Waals surface area contributed by atoms with E-state index in [1.807, 2.05) is 45.9 Å². The molecule has 4 N–H and O–H groups in total. The number of ether oxygens (including phenoxy) is 2. The molecule has 0 spiro atoms. The molecule has 0 bridgehead atoms. The summed E-state index contributed by atoms with van der Waals surface area (Å²) >= 11 is 0. The number of nitrogens with zero attached hydrogens (tertiary/aromatic N) is 2. The molecule has 1 rings (SSSR count). The lowest BCUT2D eigenvalue weighted by atomic mass is 10.2. The van der Waals surface area contributed by atoms with Crippen LogP contribution in [-0.2, 0) is 0 Å². The molecular weight excluding hydrogens is 256 g/mol. The first kappa shape index (κ1) is 15.8. The zero-order valence-corrected chi connectivity index (χ0v) is 12.3. The van der Waals surface area contributed by atoms with Gasteiger partial charge in [0, 0.05) is 11.6 Å². The molecule has 0 unspecified atom stereocenters. The Kier molecular flexibility index (Phi) is 5.83. The molecule has 1 aromatic carbocycles. The number of rotatable bonds is 6. The average Bonchev–Trinajstić information content (AvgIpc) is 2.25. The van der Waals surface area contributed by atoms with E-state index in [1.165, 1.54) is 0 Å². The molecular formula is C14H22N4O2. The van der Waals surface area contributed by atoms with Crippen LogP contribution in [-0.4, -0.2) is 24.4 Å². The highest BCUT2D eigenvalue weighted by Gasteiger charge is 2.05. The summed E-state index contributed by atoms with van der Waals surface area (Å²) in [4.78, 5) is 0. The molecule has 0 saturated heterocycles. The van der Waals surface area contributed by atoms with Gasteiger partial charge in [0.25, 0.3) is 0 Å². The van der Waals surface area contributed by atoms with Gasteiger partial charge >= 0.3 is 0 Å². The normalized spacial score (nSPS) is 11.1. The summed E-state index contributed by atoms with van der Waals surface area (Å²) in [5.74, 6) is 1.34. The van der Waals surface area contributed by atoms with Crippen molar-refractivity contribution in [1.29, 1.82) is 0 Å². The Morgan fingerprint density at radius 1 is 1.00 bits per heavy atom. The first-order chi connectivity index (χ1) is 9.36. The van der Waals surface area contributed by atoms with Crippen molar-refractivity contribution in [3.8, 4) is 11.5 Å². The molecule has 0 saturated carbocycles. The van der Waals surface area contributed by atoms with E-state index in [2.05, 4.69) is 10.2 Å². The van der Waals surface area contributed by atoms with Gasteiger partial charge in [0.15, 0.2) is 0 Å². The van der Waals surface area contributed by atoms with Crippen LogP contribution < -0.4 is 20.9 Å². The van der Waals surface area contributed by atoms with Crippen molar-refractivity contribution in [3.63, 3.8) is 0 Å². The lowest BCUT2D eigenvalue weighted by Gasteiger charge is -2.14. The third kappa shape index (κ3) is 6.08. The van der Waals surface area contributed by atoms with Gasteiger partial charge in [-0.25, -0.2) is 0 Å². The van der Waals surface area contributed by atoms with Crippen molar-refractivity contribution in [2.24, 2.45) is 21.7 Å². The van der Waals surface area contributed by atoms with E-state index in [4.69, 9.17) is 20.9 Å². The minimum Gasteiger partial charge on any atom is -0.491 e. The SMILES string of the molecule is CC(C)Oc1cc(C=NN=C(N)N)cc(OC(C)C)c1. The van der Waals surface area contributed by atoms with E-state index in [-0.39, 0.29) is 18.2 Å². The number of nitrogens with two attached hydrogens (primary N) is 2. The van der Waals surface area contributed by atoms with Gasteiger partial charge in [0.1, 0.15) is 11.5 Å². The zero-order chi connectivity index (χ0) is 15.1. The molecule has 0 aliphatic carbocycles. The lowest BCUT2D eigenvalue weighted by molar-refractivity contribution is 0.229. The fourth-order valence-corrected chi connectivity index (χ4v) is 1.51. The standard InChI is InChI=1S/C14H22N4O2/c1-9(2)19-12-5-11(8-17-18-14(15)16)6-13(7-12)20-10(3)4/h5-10H,1-4H3,(H4,15,16,18). The van der Waals surface area contributed by atoms with E-state index in [1.54, 1.807) is 6.21 Å². The smallest absolute Gasteiger partial charge is 0.211 e. The second-order valence-electron chi connectivity index (χ2n) is 4.84. The predicted octanol–water partition coefficient (Wildman–Crippen LogP) is 1.87. The third-order valence-corrected chi connectivity index (χ3v) is 2.03. The van der Waals surface area contributed by atoms with Crippen LogP contribution in [0.4, 0.5) is 0 Å². The van der Waals surface area contributed by atoms with Gasteiger partial charge in [-0.05, 0) is 39.8 Å². The first-order valence-electron chi connectivity index (χ1n) is 6.47. The largest absolute Gasteiger partial charge is 0.491 e. The number of hydrogen-bond acceptors (Lipinski definition) is 4. The maximum atomic E-state index is 5.68. The quantitative estimate of drug-likeness (QED) is 0.471. The molecule has 0 aliphatic rings. The van der Waals surface area contributed by atoms with Crippen molar-refractivity contribution < 1.29 is 9.47 Å². The molecule has 20 heavy (non-hydrogen) atoms. The Hall–Kier alpha value is -2.24. The van der Waals surface area contributed by atoms with Gasteiger partial charge in [0.2, 0.25) is 5.96 Å². The van der Waals surface area contributed by atoms with Gasteiger partial charge in [-0.3, -0.25) is 0 Å². The summed E-state index contributed by atoms with van der Waals surface area (Å²) in [5, 5.41) is 7.34. The van der Waals surface area contributed by atoms with E-state index >= 15 is 0 Å². The number of guanidine groups is 1. The molecule has 0 amide bonds. The van der Waals surface area contributed by atoms with Crippen LogP contribution in [0.15, 0.2) is 28.4 Å². The predicted molar refractivity (Wildman–Crippen MR) is 81.4 cm³/mol. The van der Waals surface area contributed by atoms with Crippen molar-refractivity contribution >= 4 is 12.2 Å². The molecule has 6 heteroatoms. The van der Waals surface area contributed by atoms with E-state index in [0.717, 1.165) is 5.56 Å². The van der Waals surface area contributed by atoms with Gasteiger partial charge < -0.3 is 20.9 Å². The van der Waals surface area contributed by atoms with Crippen molar-refractivity contribution in [2.75, 3.05) is 0 Å². The molecule has 1 aromatic rings. The van der Waals surface area contributed by atoms with Crippen LogP contribution in [0, 0.1) is 0 Å². The number of hydrogen-bond donors (Lipinski definition) is 2. The second kappa shape index (κ2) is 7.37. The summed E-state index contributed by atoms with van der Waals surface area (Å²) in [6, 6.07) is 5.54.